The molecule has 1 fully saturated rings. The summed E-state index contributed by atoms with van der Waals surface area (Å²) in [5.74, 6) is -0.608. The number of carbonyl (C=O) groups excluding carboxylic acids is 1. The van der Waals surface area contributed by atoms with Gasteiger partial charge in [0.1, 0.15) is 0 Å². The number of hydrogen-bond donors (Lipinski definition) is 0. The van der Waals surface area contributed by atoms with Gasteiger partial charge in [0.25, 0.3) is 0 Å². The fraction of sp³-hybridized carbons (Fsp3) is 0.467. The molecule has 1 aliphatic heterocycles. The maximum atomic E-state index is 12.0. The zero-order valence-corrected chi connectivity index (χ0v) is 15.1. The largest absolute Gasteiger partial charge is 0.462 e. The highest BCUT2D eigenvalue weighted by molar-refractivity contribution is 7.90. The van der Waals surface area contributed by atoms with Crippen molar-refractivity contribution in [2.75, 3.05) is 39.2 Å². The fourth-order valence-corrected chi connectivity index (χ4v) is 3.41. The van der Waals surface area contributed by atoms with Crippen molar-refractivity contribution in [1.29, 1.82) is 0 Å². The van der Waals surface area contributed by atoms with Crippen LogP contribution in [0.4, 0.5) is 0 Å². The number of esters is 1. The molecular weight excluding hydrogens is 356 g/mol. The molecule has 1 aromatic carbocycles. The van der Waals surface area contributed by atoms with E-state index < -0.39 is 15.8 Å². The van der Waals surface area contributed by atoms with E-state index in [1.165, 1.54) is 18.3 Å². The standard InChI is InChI=1S/C15H19ClN2O5S/c1-3-23-15(19)11-4-5-13(24(2,20)21)12(14(11)16)10-17-18-6-8-22-9-7-18/h4-5,10H,3,6-9H2,1-2H3. The molecule has 0 unspecified atom stereocenters. The third-order valence-electron chi connectivity index (χ3n) is 3.37. The first-order valence-corrected chi connectivity index (χ1v) is 9.68. The van der Waals surface area contributed by atoms with Crippen LogP contribution < -0.4 is 0 Å². The van der Waals surface area contributed by atoms with E-state index in [-0.39, 0.29) is 27.7 Å². The van der Waals surface area contributed by atoms with Crippen molar-refractivity contribution in [3.05, 3.63) is 28.3 Å². The van der Waals surface area contributed by atoms with E-state index in [9.17, 15) is 13.2 Å². The fourth-order valence-electron chi connectivity index (χ4n) is 2.19. The normalized spacial score (nSPS) is 15.7. The summed E-state index contributed by atoms with van der Waals surface area (Å²) in [6, 6.07) is 2.69. The summed E-state index contributed by atoms with van der Waals surface area (Å²) in [7, 11) is -3.53. The van der Waals surface area contributed by atoms with Crippen LogP contribution in [0.25, 0.3) is 0 Å². The number of benzene rings is 1. The summed E-state index contributed by atoms with van der Waals surface area (Å²) in [6.07, 6.45) is 2.45. The Hall–Kier alpha value is -1.64. The van der Waals surface area contributed by atoms with Gasteiger partial charge < -0.3 is 9.47 Å². The summed E-state index contributed by atoms with van der Waals surface area (Å²) in [5.41, 5.74) is 0.283. The molecule has 2 rings (SSSR count). The summed E-state index contributed by atoms with van der Waals surface area (Å²) < 4.78 is 34.2. The van der Waals surface area contributed by atoms with Gasteiger partial charge in [-0.25, -0.2) is 13.2 Å². The molecule has 9 heteroatoms. The molecule has 1 heterocycles. The zero-order chi connectivity index (χ0) is 17.7. The van der Waals surface area contributed by atoms with Gasteiger partial charge in [-0.2, -0.15) is 5.10 Å². The molecule has 0 atom stereocenters. The minimum Gasteiger partial charge on any atom is -0.462 e. The number of nitrogens with zero attached hydrogens (tertiary/aromatic N) is 2. The second-order valence-electron chi connectivity index (χ2n) is 5.14. The Morgan fingerprint density at radius 1 is 1.42 bits per heavy atom. The van der Waals surface area contributed by atoms with Crippen LogP contribution in [0.3, 0.4) is 0 Å². The molecule has 0 aliphatic carbocycles. The first kappa shape index (κ1) is 18.7. The van der Waals surface area contributed by atoms with Crippen molar-refractivity contribution in [2.45, 2.75) is 11.8 Å². The van der Waals surface area contributed by atoms with Gasteiger partial charge in [0, 0.05) is 11.8 Å². The van der Waals surface area contributed by atoms with E-state index in [1.807, 2.05) is 0 Å². The summed E-state index contributed by atoms with van der Waals surface area (Å²) in [5, 5.41) is 6.02. The summed E-state index contributed by atoms with van der Waals surface area (Å²) in [4.78, 5) is 12.0. The van der Waals surface area contributed by atoms with E-state index in [1.54, 1.807) is 11.9 Å². The Balaban J connectivity index is 2.46. The second-order valence-corrected chi connectivity index (χ2v) is 7.50. The highest BCUT2D eigenvalue weighted by atomic mass is 35.5. The number of halogens is 1. The first-order chi connectivity index (χ1) is 11.3. The van der Waals surface area contributed by atoms with Gasteiger partial charge in [-0.05, 0) is 19.1 Å². The van der Waals surface area contributed by atoms with Crippen molar-refractivity contribution in [3.63, 3.8) is 0 Å². The predicted molar refractivity (Wildman–Crippen MR) is 90.5 cm³/mol. The number of rotatable bonds is 5. The molecular formula is C15H19ClN2O5S. The lowest BCUT2D eigenvalue weighted by Gasteiger charge is -2.23. The molecule has 24 heavy (non-hydrogen) atoms. The van der Waals surface area contributed by atoms with Crippen molar-refractivity contribution in [3.8, 4) is 0 Å². The van der Waals surface area contributed by atoms with Crippen LogP contribution in [-0.2, 0) is 19.3 Å². The smallest absolute Gasteiger partial charge is 0.339 e. The van der Waals surface area contributed by atoms with Gasteiger partial charge in [0.15, 0.2) is 9.84 Å². The molecule has 0 bridgehead atoms. The van der Waals surface area contributed by atoms with Crippen molar-refractivity contribution in [2.24, 2.45) is 5.10 Å². The lowest BCUT2D eigenvalue weighted by Crippen LogP contribution is -2.32. The average Bonchev–Trinajstić information content (AvgIpc) is 2.53. The van der Waals surface area contributed by atoms with Crippen LogP contribution in [0.1, 0.15) is 22.8 Å². The minimum atomic E-state index is -3.53. The molecule has 0 radical (unpaired) electrons. The lowest BCUT2D eigenvalue weighted by atomic mass is 10.1. The molecule has 0 spiro atoms. The van der Waals surface area contributed by atoms with Gasteiger partial charge in [-0.1, -0.05) is 11.6 Å². The van der Waals surface area contributed by atoms with Crippen LogP contribution in [0.5, 0.6) is 0 Å². The van der Waals surface area contributed by atoms with Crippen LogP contribution in [0, 0.1) is 0 Å². The maximum Gasteiger partial charge on any atom is 0.339 e. The summed E-state index contributed by atoms with van der Waals surface area (Å²) in [6.45, 7) is 4.16. The highest BCUT2D eigenvalue weighted by Gasteiger charge is 2.21. The molecule has 0 saturated carbocycles. The van der Waals surface area contributed by atoms with Crippen molar-refractivity contribution >= 4 is 33.6 Å². The molecule has 1 aromatic rings. The third kappa shape index (κ3) is 4.46. The van der Waals surface area contributed by atoms with Crippen LogP contribution >= 0.6 is 11.6 Å². The lowest BCUT2D eigenvalue weighted by molar-refractivity contribution is 0.0397. The minimum absolute atomic E-state index is 0.00776. The highest BCUT2D eigenvalue weighted by Crippen LogP contribution is 2.27. The van der Waals surface area contributed by atoms with Crippen molar-refractivity contribution < 1.29 is 22.7 Å². The number of morpholine rings is 1. The molecule has 7 nitrogen and oxygen atoms in total. The van der Waals surface area contributed by atoms with Crippen LogP contribution in [0.2, 0.25) is 5.02 Å². The van der Waals surface area contributed by atoms with E-state index in [2.05, 4.69) is 5.10 Å². The molecule has 132 valence electrons. The SMILES string of the molecule is CCOC(=O)c1ccc(S(C)(=O)=O)c(C=NN2CCOCC2)c1Cl. The van der Waals surface area contributed by atoms with Crippen LogP contribution in [0.15, 0.2) is 22.1 Å². The van der Waals surface area contributed by atoms with Crippen LogP contribution in [-0.4, -0.2) is 64.8 Å². The third-order valence-corrected chi connectivity index (χ3v) is 4.93. The Morgan fingerprint density at radius 3 is 2.67 bits per heavy atom. The van der Waals surface area contributed by atoms with Gasteiger partial charge in [0.05, 0.1) is 54.6 Å². The van der Waals surface area contributed by atoms with Gasteiger partial charge in [-0.3, -0.25) is 5.01 Å². The van der Waals surface area contributed by atoms with Gasteiger partial charge in [0.2, 0.25) is 0 Å². The summed E-state index contributed by atoms with van der Waals surface area (Å²) >= 11 is 6.27. The molecule has 0 amide bonds. The maximum absolute atomic E-state index is 12.0. The molecule has 1 aliphatic rings. The topological polar surface area (TPSA) is 85.3 Å². The number of hydrazone groups is 1. The van der Waals surface area contributed by atoms with E-state index in [4.69, 9.17) is 21.1 Å². The van der Waals surface area contributed by atoms with E-state index >= 15 is 0 Å². The Morgan fingerprint density at radius 2 is 2.08 bits per heavy atom. The van der Waals surface area contributed by atoms with E-state index in [0.717, 1.165) is 6.26 Å². The Labute approximate surface area is 146 Å². The number of sulfone groups is 1. The number of ether oxygens (including phenoxy) is 2. The number of carbonyl (C=O) groups is 1. The quantitative estimate of drug-likeness (QED) is 0.574. The Kier molecular flexibility index (Phi) is 6.20. The van der Waals surface area contributed by atoms with Crippen molar-refractivity contribution in [1.82, 2.24) is 5.01 Å². The zero-order valence-electron chi connectivity index (χ0n) is 13.5. The molecule has 0 N–H and O–H groups in total. The predicted octanol–water partition coefficient (Wildman–Crippen LogP) is 1.59. The monoisotopic (exact) mass is 374 g/mol. The average molecular weight is 375 g/mol. The molecule has 1 saturated heterocycles. The first-order valence-electron chi connectivity index (χ1n) is 7.41. The van der Waals surface area contributed by atoms with E-state index in [0.29, 0.717) is 26.3 Å². The van der Waals surface area contributed by atoms with Gasteiger partial charge in [-0.15, -0.1) is 0 Å². The number of hydrogen-bond acceptors (Lipinski definition) is 7. The Bertz CT molecular complexity index is 742. The van der Waals surface area contributed by atoms with Gasteiger partial charge >= 0.3 is 5.97 Å². The molecule has 0 aromatic heterocycles. The second kappa shape index (κ2) is 7.96.